The molecule has 0 aliphatic carbocycles. The van der Waals surface area contributed by atoms with E-state index in [1.807, 2.05) is 0 Å². The number of carbonyl (C=O) groups excluding carboxylic acids is 4. The van der Waals surface area contributed by atoms with Gasteiger partial charge in [-0.3, -0.25) is 14.9 Å². The molecular formula is C24H20N2O5. The Morgan fingerprint density at radius 1 is 0.742 bits per heavy atom. The van der Waals surface area contributed by atoms with Crippen LogP contribution in [0.15, 0.2) is 84.9 Å². The van der Waals surface area contributed by atoms with Gasteiger partial charge in [-0.2, -0.15) is 0 Å². The number of carbonyl (C=O) groups is 4. The molecule has 3 rings (SSSR count). The lowest BCUT2D eigenvalue weighted by molar-refractivity contribution is -0.129. The fraction of sp³-hybridized carbons (Fsp3) is 0.0833. The topological polar surface area (TPSA) is 102 Å². The van der Waals surface area contributed by atoms with Gasteiger partial charge in [-0.05, 0) is 6.07 Å². The summed E-state index contributed by atoms with van der Waals surface area (Å²) in [5.41, 5.74) is 0.964. The van der Waals surface area contributed by atoms with E-state index in [4.69, 9.17) is 4.74 Å². The summed E-state index contributed by atoms with van der Waals surface area (Å²) in [5, 5.41) is 4.39. The smallest absolute Gasteiger partial charge is 0.340 e. The van der Waals surface area contributed by atoms with E-state index >= 15 is 0 Å². The number of amides is 3. The highest BCUT2D eigenvalue weighted by Crippen LogP contribution is 2.22. The molecule has 0 aliphatic heterocycles. The van der Waals surface area contributed by atoms with Crippen molar-refractivity contribution in [3.63, 3.8) is 0 Å². The Morgan fingerprint density at radius 2 is 1.29 bits per heavy atom. The largest absolute Gasteiger partial charge is 0.444 e. The highest BCUT2D eigenvalue weighted by molar-refractivity contribution is 6.14. The Hall–Kier alpha value is -4.26. The van der Waals surface area contributed by atoms with Gasteiger partial charge in [-0.15, -0.1) is 0 Å². The summed E-state index contributed by atoms with van der Waals surface area (Å²) >= 11 is 0. The molecule has 3 amide bonds. The zero-order valence-corrected chi connectivity index (χ0v) is 16.7. The molecule has 31 heavy (non-hydrogen) atoms. The third kappa shape index (κ3) is 5.22. The van der Waals surface area contributed by atoms with Crippen molar-refractivity contribution in [2.75, 3.05) is 7.05 Å². The van der Waals surface area contributed by atoms with Crippen molar-refractivity contribution in [1.29, 1.82) is 0 Å². The van der Waals surface area contributed by atoms with Gasteiger partial charge in [0.15, 0.2) is 5.78 Å². The fourth-order valence-corrected chi connectivity index (χ4v) is 2.92. The van der Waals surface area contributed by atoms with Crippen LogP contribution in [0.1, 0.15) is 37.9 Å². The van der Waals surface area contributed by atoms with Crippen LogP contribution in [-0.2, 0) is 9.53 Å². The maximum absolute atomic E-state index is 13.0. The number of imide groups is 1. The third-order valence-corrected chi connectivity index (χ3v) is 4.46. The van der Waals surface area contributed by atoms with Crippen molar-refractivity contribution in [2.24, 2.45) is 0 Å². The monoisotopic (exact) mass is 416 g/mol. The average Bonchev–Trinajstić information content (AvgIpc) is 2.82. The summed E-state index contributed by atoms with van der Waals surface area (Å²) in [6.07, 6.45) is -1.38. The van der Waals surface area contributed by atoms with E-state index in [2.05, 4.69) is 10.6 Å². The molecule has 0 aromatic heterocycles. The lowest BCUT2D eigenvalue weighted by Gasteiger charge is -2.18. The average molecular weight is 416 g/mol. The van der Waals surface area contributed by atoms with Crippen LogP contribution in [0.3, 0.4) is 0 Å². The number of ether oxygens (including phenoxy) is 1. The predicted octanol–water partition coefficient (Wildman–Crippen LogP) is 3.27. The molecule has 3 aromatic rings. The number of nitrogens with one attached hydrogen (secondary N) is 2. The molecule has 0 spiro atoms. The van der Waals surface area contributed by atoms with E-state index < -0.39 is 24.0 Å². The quantitative estimate of drug-likeness (QED) is 0.474. The maximum Gasteiger partial charge on any atom is 0.340 e. The van der Waals surface area contributed by atoms with Gasteiger partial charge in [0.1, 0.15) is 0 Å². The summed E-state index contributed by atoms with van der Waals surface area (Å²) in [5.74, 6) is -2.02. The van der Waals surface area contributed by atoms with Crippen LogP contribution in [0.4, 0.5) is 4.79 Å². The molecule has 7 heteroatoms. The third-order valence-electron chi connectivity index (χ3n) is 4.46. The molecule has 156 valence electrons. The second-order valence-corrected chi connectivity index (χ2v) is 6.51. The molecular weight excluding hydrogens is 396 g/mol. The lowest BCUT2D eigenvalue weighted by atomic mass is 9.98. The van der Waals surface area contributed by atoms with Crippen molar-refractivity contribution >= 4 is 23.7 Å². The van der Waals surface area contributed by atoms with Crippen molar-refractivity contribution < 1.29 is 23.9 Å². The lowest BCUT2D eigenvalue weighted by Crippen LogP contribution is -2.41. The Labute approximate surface area is 179 Å². The first kappa shape index (κ1) is 21.4. The zero-order valence-electron chi connectivity index (χ0n) is 16.7. The molecule has 2 N–H and O–H groups in total. The van der Waals surface area contributed by atoms with Crippen LogP contribution < -0.4 is 10.6 Å². The van der Waals surface area contributed by atoms with Gasteiger partial charge >= 0.3 is 12.0 Å². The second-order valence-electron chi connectivity index (χ2n) is 6.51. The molecule has 0 unspecified atom stereocenters. The molecule has 3 aromatic carbocycles. The van der Waals surface area contributed by atoms with Crippen LogP contribution in [0.2, 0.25) is 0 Å². The van der Waals surface area contributed by atoms with Crippen molar-refractivity contribution in [3.8, 4) is 0 Å². The van der Waals surface area contributed by atoms with E-state index in [0.717, 1.165) is 0 Å². The van der Waals surface area contributed by atoms with Crippen LogP contribution in [-0.4, -0.2) is 30.7 Å². The number of hydrogen-bond acceptors (Lipinski definition) is 5. The first-order valence-corrected chi connectivity index (χ1v) is 9.48. The van der Waals surface area contributed by atoms with E-state index in [1.54, 1.807) is 72.8 Å². The van der Waals surface area contributed by atoms with Crippen molar-refractivity contribution in [2.45, 2.75) is 6.10 Å². The molecule has 0 radical (unpaired) electrons. The molecule has 0 aliphatic rings. The minimum atomic E-state index is -1.38. The van der Waals surface area contributed by atoms with Gasteiger partial charge in [-0.25, -0.2) is 9.59 Å². The molecule has 1 atom stereocenters. The number of benzene rings is 3. The molecule has 0 saturated heterocycles. The minimum absolute atomic E-state index is 0.0185. The van der Waals surface area contributed by atoms with Crippen LogP contribution in [0.5, 0.6) is 0 Å². The number of urea groups is 1. The zero-order chi connectivity index (χ0) is 22.2. The van der Waals surface area contributed by atoms with E-state index in [-0.39, 0.29) is 16.9 Å². The number of hydrogen-bond donors (Lipinski definition) is 2. The van der Waals surface area contributed by atoms with E-state index in [1.165, 1.54) is 19.2 Å². The van der Waals surface area contributed by atoms with Gasteiger partial charge in [0.25, 0.3) is 5.91 Å². The Balaban J connectivity index is 1.91. The first-order valence-electron chi connectivity index (χ1n) is 9.48. The predicted molar refractivity (Wildman–Crippen MR) is 114 cm³/mol. The minimum Gasteiger partial charge on any atom is -0.444 e. The Kier molecular flexibility index (Phi) is 6.90. The van der Waals surface area contributed by atoms with Crippen LogP contribution in [0.25, 0.3) is 0 Å². The summed E-state index contributed by atoms with van der Waals surface area (Å²) in [7, 11) is 1.36. The number of esters is 1. The molecule has 0 bridgehead atoms. The SMILES string of the molecule is CNC(=O)NC(=O)[C@H](OC(=O)c1ccccc1C(=O)c1ccccc1)c1ccccc1. The van der Waals surface area contributed by atoms with Gasteiger partial charge in [0.05, 0.1) is 5.56 Å². The summed E-state index contributed by atoms with van der Waals surface area (Å²) in [6.45, 7) is 0. The second kappa shape index (κ2) is 9.98. The van der Waals surface area contributed by atoms with Gasteiger partial charge in [0.2, 0.25) is 6.10 Å². The highest BCUT2D eigenvalue weighted by atomic mass is 16.5. The van der Waals surface area contributed by atoms with Gasteiger partial charge < -0.3 is 10.1 Å². The van der Waals surface area contributed by atoms with Crippen molar-refractivity contribution in [3.05, 3.63) is 107 Å². The van der Waals surface area contributed by atoms with E-state index in [9.17, 15) is 19.2 Å². The maximum atomic E-state index is 13.0. The Morgan fingerprint density at radius 3 is 1.90 bits per heavy atom. The molecule has 0 heterocycles. The van der Waals surface area contributed by atoms with Crippen LogP contribution in [0, 0.1) is 0 Å². The Bertz CT molecular complexity index is 1100. The molecule has 0 fully saturated rings. The summed E-state index contributed by atoms with van der Waals surface area (Å²) in [4.78, 5) is 50.1. The molecule has 7 nitrogen and oxygen atoms in total. The van der Waals surface area contributed by atoms with Crippen molar-refractivity contribution in [1.82, 2.24) is 10.6 Å². The van der Waals surface area contributed by atoms with Gasteiger partial charge in [0, 0.05) is 23.7 Å². The first-order chi connectivity index (χ1) is 15.0. The fourth-order valence-electron chi connectivity index (χ4n) is 2.92. The molecule has 0 saturated carbocycles. The standard InChI is InChI=1S/C24H20N2O5/c1-25-24(30)26-22(28)21(17-12-6-3-7-13-17)31-23(29)19-15-9-8-14-18(19)20(27)16-10-4-2-5-11-16/h2-15,21H,1H3,(H2,25,26,28,30)/t21-/m1/s1. The summed E-state index contributed by atoms with van der Waals surface area (Å²) < 4.78 is 5.47. The highest BCUT2D eigenvalue weighted by Gasteiger charge is 2.28. The summed E-state index contributed by atoms with van der Waals surface area (Å²) in [6, 6.07) is 22.3. The van der Waals surface area contributed by atoms with Crippen LogP contribution >= 0.6 is 0 Å². The van der Waals surface area contributed by atoms with Gasteiger partial charge in [-0.1, -0.05) is 78.9 Å². The number of rotatable bonds is 6. The normalized spacial score (nSPS) is 11.1. The number of ketones is 1. The van der Waals surface area contributed by atoms with E-state index in [0.29, 0.717) is 11.1 Å².